The molecule has 3 heteroatoms. The third kappa shape index (κ3) is 6.20. The van der Waals surface area contributed by atoms with Crippen molar-refractivity contribution in [1.82, 2.24) is 5.32 Å². The lowest BCUT2D eigenvalue weighted by Crippen LogP contribution is -2.19. The van der Waals surface area contributed by atoms with Crippen molar-refractivity contribution in [2.75, 3.05) is 13.2 Å². The van der Waals surface area contributed by atoms with E-state index >= 15 is 0 Å². The molecule has 0 aliphatic carbocycles. The SMILES string of the molecule is C[C@H](NCCCCCCO)c1ccc(Br)cc1. The van der Waals surface area contributed by atoms with E-state index in [9.17, 15) is 0 Å². The smallest absolute Gasteiger partial charge is 0.0431 e. The Kier molecular flexibility index (Phi) is 7.49. The first-order valence-corrected chi connectivity index (χ1v) is 7.13. The van der Waals surface area contributed by atoms with Crippen LogP contribution in [-0.2, 0) is 0 Å². The van der Waals surface area contributed by atoms with Gasteiger partial charge in [-0.1, -0.05) is 40.9 Å². The van der Waals surface area contributed by atoms with Crippen LogP contribution in [-0.4, -0.2) is 18.3 Å². The van der Waals surface area contributed by atoms with Crippen molar-refractivity contribution in [2.24, 2.45) is 0 Å². The Morgan fingerprint density at radius 3 is 2.41 bits per heavy atom. The van der Waals surface area contributed by atoms with E-state index in [0.29, 0.717) is 12.6 Å². The van der Waals surface area contributed by atoms with Crippen LogP contribution in [0, 0.1) is 0 Å². The number of aliphatic hydroxyl groups excluding tert-OH is 1. The normalized spacial score (nSPS) is 12.6. The van der Waals surface area contributed by atoms with Crippen molar-refractivity contribution in [2.45, 2.75) is 38.6 Å². The number of hydrogen-bond acceptors (Lipinski definition) is 2. The third-order valence-electron chi connectivity index (χ3n) is 2.91. The Bertz CT molecular complexity index is 300. The third-order valence-corrected chi connectivity index (χ3v) is 3.43. The molecule has 0 saturated heterocycles. The Morgan fingerprint density at radius 1 is 1.12 bits per heavy atom. The minimum Gasteiger partial charge on any atom is -0.396 e. The predicted molar refractivity (Wildman–Crippen MR) is 76.1 cm³/mol. The maximum Gasteiger partial charge on any atom is 0.0431 e. The maximum atomic E-state index is 8.66. The fraction of sp³-hybridized carbons (Fsp3) is 0.571. The Labute approximate surface area is 113 Å². The molecule has 1 aromatic carbocycles. The van der Waals surface area contributed by atoms with Crippen molar-refractivity contribution in [3.8, 4) is 0 Å². The van der Waals surface area contributed by atoms with Gasteiger partial charge in [-0.05, 0) is 44.0 Å². The summed E-state index contributed by atoms with van der Waals surface area (Å²) < 4.78 is 1.12. The number of aliphatic hydroxyl groups is 1. The number of halogens is 1. The molecule has 1 rings (SSSR count). The van der Waals surface area contributed by atoms with Crippen LogP contribution < -0.4 is 5.32 Å². The van der Waals surface area contributed by atoms with Gasteiger partial charge in [0.15, 0.2) is 0 Å². The second-order valence-corrected chi connectivity index (χ2v) is 5.28. The maximum absolute atomic E-state index is 8.66. The van der Waals surface area contributed by atoms with Crippen LogP contribution in [0.2, 0.25) is 0 Å². The highest BCUT2D eigenvalue weighted by atomic mass is 79.9. The first-order chi connectivity index (χ1) is 8.24. The summed E-state index contributed by atoms with van der Waals surface area (Å²) in [5.74, 6) is 0. The molecule has 2 nitrogen and oxygen atoms in total. The first kappa shape index (κ1) is 14.7. The van der Waals surface area contributed by atoms with Crippen LogP contribution in [0.5, 0.6) is 0 Å². The standard InChI is InChI=1S/C14H22BrNO/c1-12(13-6-8-14(15)9-7-13)16-10-4-2-3-5-11-17/h6-9,12,16-17H,2-5,10-11H2,1H3/t12-/m0/s1. The molecule has 0 heterocycles. The van der Waals surface area contributed by atoms with Crippen molar-refractivity contribution < 1.29 is 5.11 Å². The number of nitrogens with one attached hydrogen (secondary N) is 1. The number of rotatable bonds is 8. The lowest BCUT2D eigenvalue weighted by Gasteiger charge is -2.14. The summed E-state index contributed by atoms with van der Waals surface area (Å²) in [7, 11) is 0. The van der Waals surface area contributed by atoms with Gasteiger partial charge in [0.25, 0.3) is 0 Å². The lowest BCUT2D eigenvalue weighted by molar-refractivity contribution is 0.282. The van der Waals surface area contributed by atoms with E-state index in [0.717, 1.165) is 23.9 Å². The van der Waals surface area contributed by atoms with Crippen LogP contribution in [0.4, 0.5) is 0 Å². The van der Waals surface area contributed by atoms with Gasteiger partial charge in [-0.2, -0.15) is 0 Å². The van der Waals surface area contributed by atoms with Gasteiger partial charge in [-0.3, -0.25) is 0 Å². The molecular formula is C14H22BrNO. The monoisotopic (exact) mass is 299 g/mol. The summed E-state index contributed by atoms with van der Waals surface area (Å²) in [5, 5.41) is 12.2. The van der Waals surface area contributed by atoms with Gasteiger partial charge < -0.3 is 10.4 Å². The zero-order chi connectivity index (χ0) is 12.5. The molecule has 0 bridgehead atoms. The van der Waals surface area contributed by atoms with E-state index < -0.39 is 0 Å². The van der Waals surface area contributed by atoms with Gasteiger partial charge in [0.2, 0.25) is 0 Å². The van der Waals surface area contributed by atoms with Crippen LogP contribution >= 0.6 is 15.9 Å². The summed E-state index contributed by atoms with van der Waals surface area (Å²) in [6.07, 6.45) is 4.44. The van der Waals surface area contributed by atoms with Crippen LogP contribution in [0.25, 0.3) is 0 Å². The molecule has 0 saturated carbocycles. The van der Waals surface area contributed by atoms with Gasteiger partial charge in [0.1, 0.15) is 0 Å². The predicted octanol–water partition coefficient (Wildman–Crippen LogP) is 3.65. The summed E-state index contributed by atoms with van der Waals surface area (Å²) in [4.78, 5) is 0. The zero-order valence-electron chi connectivity index (χ0n) is 10.5. The van der Waals surface area contributed by atoms with Gasteiger partial charge in [-0.15, -0.1) is 0 Å². The second-order valence-electron chi connectivity index (χ2n) is 4.37. The molecule has 96 valence electrons. The molecule has 0 spiro atoms. The lowest BCUT2D eigenvalue weighted by atomic mass is 10.1. The molecule has 0 fully saturated rings. The molecule has 0 unspecified atom stereocenters. The second kappa shape index (κ2) is 8.67. The fourth-order valence-electron chi connectivity index (χ4n) is 1.78. The van der Waals surface area contributed by atoms with Crippen LogP contribution in [0.1, 0.15) is 44.2 Å². The average Bonchev–Trinajstić information content (AvgIpc) is 2.34. The highest BCUT2D eigenvalue weighted by Gasteiger charge is 2.03. The number of hydrogen-bond donors (Lipinski definition) is 2. The number of benzene rings is 1. The highest BCUT2D eigenvalue weighted by Crippen LogP contribution is 2.16. The van der Waals surface area contributed by atoms with E-state index in [2.05, 4.69) is 52.4 Å². The molecule has 1 aromatic rings. The Balaban J connectivity index is 2.16. The Morgan fingerprint density at radius 2 is 1.76 bits per heavy atom. The average molecular weight is 300 g/mol. The van der Waals surface area contributed by atoms with E-state index in [1.807, 2.05) is 0 Å². The topological polar surface area (TPSA) is 32.3 Å². The van der Waals surface area contributed by atoms with Gasteiger partial charge in [0, 0.05) is 17.1 Å². The Hall–Kier alpha value is -0.380. The van der Waals surface area contributed by atoms with Gasteiger partial charge in [0.05, 0.1) is 0 Å². The molecule has 0 aromatic heterocycles. The molecule has 0 aliphatic rings. The van der Waals surface area contributed by atoms with Crippen molar-refractivity contribution in [3.05, 3.63) is 34.3 Å². The molecule has 0 radical (unpaired) electrons. The minimum absolute atomic E-state index is 0.322. The van der Waals surface area contributed by atoms with Crippen LogP contribution in [0.15, 0.2) is 28.7 Å². The zero-order valence-corrected chi connectivity index (χ0v) is 12.0. The van der Waals surface area contributed by atoms with Crippen molar-refractivity contribution >= 4 is 15.9 Å². The van der Waals surface area contributed by atoms with Crippen molar-refractivity contribution in [1.29, 1.82) is 0 Å². The largest absolute Gasteiger partial charge is 0.396 e. The van der Waals surface area contributed by atoms with E-state index in [1.54, 1.807) is 0 Å². The minimum atomic E-state index is 0.322. The molecular weight excluding hydrogens is 278 g/mol. The van der Waals surface area contributed by atoms with Crippen LogP contribution in [0.3, 0.4) is 0 Å². The molecule has 2 N–H and O–H groups in total. The molecule has 0 amide bonds. The highest BCUT2D eigenvalue weighted by molar-refractivity contribution is 9.10. The first-order valence-electron chi connectivity index (χ1n) is 6.33. The summed E-state index contributed by atoms with van der Waals surface area (Å²) in [6.45, 7) is 3.56. The van der Waals surface area contributed by atoms with E-state index in [4.69, 9.17) is 5.11 Å². The summed E-state index contributed by atoms with van der Waals surface area (Å²) >= 11 is 3.44. The van der Waals surface area contributed by atoms with Gasteiger partial charge >= 0.3 is 0 Å². The van der Waals surface area contributed by atoms with E-state index in [1.165, 1.54) is 18.4 Å². The van der Waals surface area contributed by atoms with Gasteiger partial charge in [-0.25, -0.2) is 0 Å². The number of unbranched alkanes of at least 4 members (excludes halogenated alkanes) is 3. The summed E-state index contributed by atoms with van der Waals surface area (Å²) in [6, 6.07) is 8.85. The molecule has 17 heavy (non-hydrogen) atoms. The van der Waals surface area contributed by atoms with E-state index in [-0.39, 0.29) is 0 Å². The molecule has 1 atom stereocenters. The fourth-order valence-corrected chi connectivity index (χ4v) is 2.04. The summed E-state index contributed by atoms with van der Waals surface area (Å²) in [5.41, 5.74) is 1.32. The van der Waals surface area contributed by atoms with Crippen molar-refractivity contribution in [3.63, 3.8) is 0 Å². The molecule has 0 aliphatic heterocycles. The quantitative estimate of drug-likeness (QED) is 0.718.